The van der Waals surface area contributed by atoms with Gasteiger partial charge in [0.2, 0.25) is 0 Å². The maximum absolute atomic E-state index is 12.3. The van der Waals surface area contributed by atoms with E-state index in [4.69, 9.17) is 21.1 Å². The van der Waals surface area contributed by atoms with E-state index in [9.17, 15) is 14.4 Å². The van der Waals surface area contributed by atoms with Crippen LogP contribution >= 0.6 is 11.6 Å². The van der Waals surface area contributed by atoms with Crippen LogP contribution in [0.5, 0.6) is 0 Å². The van der Waals surface area contributed by atoms with Gasteiger partial charge in [0.1, 0.15) is 12.2 Å². The second kappa shape index (κ2) is 11.5. The summed E-state index contributed by atoms with van der Waals surface area (Å²) in [5.74, 6) is -0.650. The van der Waals surface area contributed by atoms with Gasteiger partial charge in [-0.1, -0.05) is 54.6 Å². The first kappa shape index (κ1) is 24.4. The van der Waals surface area contributed by atoms with Crippen molar-refractivity contribution in [1.82, 2.24) is 5.32 Å². The van der Waals surface area contributed by atoms with Crippen LogP contribution < -0.4 is 5.32 Å². The lowest BCUT2D eigenvalue weighted by molar-refractivity contribution is -0.143. The van der Waals surface area contributed by atoms with Crippen molar-refractivity contribution in [2.45, 2.75) is 44.6 Å². The molecule has 0 spiro atoms. The molecule has 0 saturated carbocycles. The molecule has 1 unspecified atom stereocenters. The number of alkyl carbamates (subject to hydrolysis) is 1. The predicted molar refractivity (Wildman–Crippen MR) is 120 cm³/mol. The van der Waals surface area contributed by atoms with Gasteiger partial charge in [-0.05, 0) is 31.9 Å². The average molecular weight is 446 g/mol. The molecule has 0 fully saturated rings. The predicted octanol–water partition coefficient (Wildman–Crippen LogP) is 4.99. The Morgan fingerprint density at radius 2 is 1.55 bits per heavy atom. The molecule has 0 aromatic heterocycles. The van der Waals surface area contributed by atoms with Crippen molar-refractivity contribution >= 4 is 29.4 Å². The fourth-order valence-electron chi connectivity index (χ4n) is 2.66. The van der Waals surface area contributed by atoms with Crippen LogP contribution in [-0.4, -0.2) is 42.0 Å². The summed E-state index contributed by atoms with van der Waals surface area (Å²) in [5.41, 5.74) is 2.03. The number of alkyl halides is 1. The number of ether oxygens (including phenoxy) is 2. The third-order valence-electron chi connectivity index (χ3n) is 4.16. The molecule has 2 aromatic rings. The van der Waals surface area contributed by atoms with Gasteiger partial charge in [0.05, 0.1) is 11.8 Å². The fourth-order valence-corrected chi connectivity index (χ4v) is 2.80. The topological polar surface area (TPSA) is 81.7 Å². The minimum Gasteiger partial charge on any atom is -0.464 e. The number of carbonyl (C=O) groups is 3. The van der Waals surface area contributed by atoms with Crippen LogP contribution in [0, 0.1) is 0 Å². The lowest BCUT2D eigenvalue weighted by atomic mass is 10.0. The van der Waals surface area contributed by atoms with Crippen molar-refractivity contribution < 1.29 is 23.9 Å². The van der Waals surface area contributed by atoms with Gasteiger partial charge in [0.25, 0.3) is 0 Å². The molecule has 6 nitrogen and oxygen atoms in total. The summed E-state index contributed by atoms with van der Waals surface area (Å²) in [7, 11) is 0. The SMILES string of the molecule is CC(C)(C)OC(=O)NCC(Cl)COC(=O)CCC(=O)c1ccc(-c2ccccc2)cc1. The van der Waals surface area contributed by atoms with E-state index in [1.54, 1.807) is 32.9 Å². The van der Waals surface area contributed by atoms with Crippen LogP contribution in [0.2, 0.25) is 0 Å². The highest BCUT2D eigenvalue weighted by molar-refractivity contribution is 6.21. The van der Waals surface area contributed by atoms with E-state index < -0.39 is 23.0 Å². The van der Waals surface area contributed by atoms with Crippen molar-refractivity contribution in [3.05, 3.63) is 60.2 Å². The second-order valence-electron chi connectivity index (χ2n) is 8.03. The molecule has 0 saturated heterocycles. The lowest BCUT2D eigenvalue weighted by Gasteiger charge is -2.20. The molecular weight excluding hydrogens is 418 g/mol. The van der Waals surface area contributed by atoms with Crippen molar-refractivity contribution in [3.8, 4) is 11.1 Å². The zero-order chi connectivity index (χ0) is 22.9. The van der Waals surface area contributed by atoms with Gasteiger partial charge in [-0.3, -0.25) is 9.59 Å². The van der Waals surface area contributed by atoms with E-state index >= 15 is 0 Å². The van der Waals surface area contributed by atoms with Crippen LogP contribution in [0.4, 0.5) is 4.79 Å². The van der Waals surface area contributed by atoms with E-state index in [0.29, 0.717) is 5.56 Å². The van der Waals surface area contributed by atoms with Gasteiger partial charge < -0.3 is 14.8 Å². The van der Waals surface area contributed by atoms with E-state index in [0.717, 1.165) is 11.1 Å². The number of amides is 1. The molecule has 1 amide bonds. The van der Waals surface area contributed by atoms with Crippen LogP contribution in [0.25, 0.3) is 11.1 Å². The quantitative estimate of drug-likeness (QED) is 0.334. The number of esters is 1. The molecule has 7 heteroatoms. The Labute approximate surface area is 187 Å². The van der Waals surface area contributed by atoms with Crippen LogP contribution in [0.1, 0.15) is 44.0 Å². The van der Waals surface area contributed by atoms with Gasteiger partial charge >= 0.3 is 12.1 Å². The number of hydrogen-bond acceptors (Lipinski definition) is 5. The molecule has 1 N–H and O–H groups in total. The highest BCUT2D eigenvalue weighted by Gasteiger charge is 2.18. The van der Waals surface area contributed by atoms with Crippen molar-refractivity contribution in [2.24, 2.45) is 0 Å². The van der Waals surface area contributed by atoms with Gasteiger partial charge in [-0.2, -0.15) is 0 Å². The smallest absolute Gasteiger partial charge is 0.407 e. The molecule has 0 aliphatic rings. The summed E-state index contributed by atoms with van der Waals surface area (Å²) in [6.07, 6.45) is -0.581. The molecule has 2 aromatic carbocycles. The zero-order valence-electron chi connectivity index (χ0n) is 18.0. The van der Waals surface area contributed by atoms with Gasteiger partial charge in [0, 0.05) is 18.5 Å². The Morgan fingerprint density at radius 3 is 2.16 bits per heavy atom. The Morgan fingerprint density at radius 1 is 0.935 bits per heavy atom. The summed E-state index contributed by atoms with van der Waals surface area (Å²) >= 11 is 6.05. The molecule has 2 rings (SSSR count). The van der Waals surface area contributed by atoms with E-state index in [-0.39, 0.29) is 31.8 Å². The molecule has 166 valence electrons. The first-order valence-electron chi connectivity index (χ1n) is 10.1. The molecule has 0 aliphatic carbocycles. The average Bonchev–Trinajstić information content (AvgIpc) is 2.74. The first-order valence-corrected chi connectivity index (χ1v) is 10.5. The maximum atomic E-state index is 12.3. The summed E-state index contributed by atoms with van der Waals surface area (Å²) < 4.78 is 10.2. The normalized spacial score (nSPS) is 12.0. The zero-order valence-corrected chi connectivity index (χ0v) is 18.8. The van der Waals surface area contributed by atoms with Crippen LogP contribution in [0.3, 0.4) is 0 Å². The number of halogens is 1. The van der Waals surface area contributed by atoms with E-state index in [1.807, 2.05) is 42.5 Å². The van der Waals surface area contributed by atoms with Gasteiger partial charge in [-0.25, -0.2) is 4.79 Å². The van der Waals surface area contributed by atoms with Gasteiger partial charge in [0.15, 0.2) is 5.78 Å². The van der Waals surface area contributed by atoms with E-state index in [1.165, 1.54) is 0 Å². The number of benzene rings is 2. The van der Waals surface area contributed by atoms with Crippen molar-refractivity contribution in [2.75, 3.05) is 13.2 Å². The second-order valence-corrected chi connectivity index (χ2v) is 8.65. The number of hydrogen-bond donors (Lipinski definition) is 1. The largest absolute Gasteiger partial charge is 0.464 e. The minimum absolute atomic E-state index is 0.0393. The number of Topliss-reactive ketones (excluding diaryl/α,β-unsaturated/α-hetero) is 1. The summed E-state index contributed by atoms with van der Waals surface area (Å²) in [6.45, 7) is 5.29. The summed E-state index contributed by atoms with van der Waals surface area (Å²) in [5, 5.41) is 1.91. The number of rotatable bonds is 9. The Kier molecular flexibility index (Phi) is 9.06. The number of carbonyl (C=O) groups excluding carboxylic acids is 3. The number of ketones is 1. The molecular formula is C24H28ClNO5. The molecule has 0 bridgehead atoms. The molecule has 31 heavy (non-hydrogen) atoms. The Bertz CT molecular complexity index is 875. The number of nitrogens with one attached hydrogen (secondary N) is 1. The highest BCUT2D eigenvalue weighted by atomic mass is 35.5. The summed E-state index contributed by atoms with van der Waals surface area (Å²) in [4.78, 5) is 35.8. The van der Waals surface area contributed by atoms with Crippen LogP contribution in [0.15, 0.2) is 54.6 Å². The maximum Gasteiger partial charge on any atom is 0.407 e. The van der Waals surface area contributed by atoms with E-state index in [2.05, 4.69) is 5.32 Å². The third-order valence-corrected chi connectivity index (χ3v) is 4.44. The third kappa shape index (κ3) is 9.22. The standard InChI is InChI=1S/C24H28ClNO5/c1-24(2,3)31-23(29)26-15-20(25)16-30-22(28)14-13-21(27)19-11-9-18(10-12-19)17-7-5-4-6-8-17/h4-12,20H,13-16H2,1-3H3,(H,26,29). The Hall–Kier alpha value is -2.86. The minimum atomic E-state index is -0.604. The Balaban J connectivity index is 1.70. The highest BCUT2D eigenvalue weighted by Crippen LogP contribution is 2.20. The van der Waals surface area contributed by atoms with Crippen molar-refractivity contribution in [3.63, 3.8) is 0 Å². The first-order chi connectivity index (χ1) is 14.6. The molecule has 0 aliphatic heterocycles. The molecule has 0 radical (unpaired) electrons. The lowest BCUT2D eigenvalue weighted by Crippen LogP contribution is -2.36. The van der Waals surface area contributed by atoms with Crippen LogP contribution in [-0.2, 0) is 14.3 Å². The molecule has 1 atom stereocenters. The fraction of sp³-hybridized carbons (Fsp3) is 0.375. The van der Waals surface area contributed by atoms with Gasteiger partial charge in [-0.15, -0.1) is 11.6 Å². The summed E-state index contributed by atoms with van der Waals surface area (Å²) in [6, 6.07) is 17.1. The van der Waals surface area contributed by atoms with Crippen molar-refractivity contribution in [1.29, 1.82) is 0 Å². The monoisotopic (exact) mass is 445 g/mol. The molecule has 0 heterocycles.